The van der Waals surface area contributed by atoms with Crippen molar-refractivity contribution in [2.75, 3.05) is 11.9 Å². The van der Waals surface area contributed by atoms with Gasteiger partial charge in [-0.15, -0.1) is 0 Å². The minimum Gasteiger partial charge on any atom is -0.368 e. The number of primary amides is 2. The van der Waals surface area contributed by atoms with Gasteiger partial charge in [-0.1, -0.05) is 38.5 Å². The predicted octanol–water partition coefficient (Wildman–Crippen LogP) is 0.518. The van der Waals surface area contributed by atoms with Crippen molar-refractivity contribution in [2.24, 2.45) is 23.1 Å². The average Bonchev–Trinajstić information content (AvgIpc) is 3.32. The summed E-state index contributed by atoms with van der Waals surface area (Å²) in [6.45, 7) is 3.86. The molecule has 5 amide bonds. The number of fused-ring (bicyclic) bond motifs is 1. The Hall–Kier alpha value is -3.60. The van der Waals surface area contributed by atoms with E-state index < -0.39 is 42.0 Å². The number of hydrogen-bond donors (Lipinski definition) is 5. The summed E-state index contributed by atoms with van der Waals surface area (Å²) in [5.74, 6) is -1.28. The fourth-order valence-electron chi connectivity index (χ4n) is 3.97. The molecule has 0 spiro atoms. The van der Waals surface area contributed by atoms with E-state index in [2.05, 4.69) is 10.6 Å². The SMILES string of the molecule is CC[C@H](C)[C@H](NC(=O)[C@@H]1C[C@H](N)CN1C(=O)Nc1cn(C(N)=O)c2ccccc12)C(N)=O. The smallest absolute Gasteiger partial charge is 0.323 e. The lowest BCUT2D eigenvalue weighted by atomic mass is 9.98. The highest BCUT2D eigenvalue weighted by Gasteiger charge is 2.40. The van der Waals surface area contributed by atoms with Gasteiger partial charge in [0.05, 0.1) is 11.2 Å². The zero-order valence-corrected chi connectivity index (χ0v) is 18.1. The molecule has 0 radical (unpaired) electrons. The van der Waals surface area contributed by atoms with Crippen LogP contribution in [0, 0.1) is 5.92 Å². The molecular formula is C21H29N7O4. The van der Waals surface area contributed by atoms with Gasteiger partial charge >= 0.3 is 12.1 Å². The molecule has 1 saturated heterocycles. The molecule has 1 fully saturated rings. The largest absolute Gasteiger partial charge is 0.368 e. The number of benzene rings is 1. The van der Waals surface area contributed by atoms with Gasteiger partial charge in [-0.3, -0.25) is 14.2 Å². The third-order valence-electron chi connectivity index (χ3n) is 5.91. The van der Waals surface area contributed by atoms with E-state index >= 15 is 0 Å². The Balaban J connectivity index is 1.81. The van der Waals surface area contributed by atoms with Crippen molar-refractivity contribution in [1.29, 1.82) is 0 Å². The topological polar surface area (TPSA) is 179 Å². The summed E-state index contributed by atoms with van der Waals surface area (Å²) >= 11 is 0. The molecular weight excluding hydrogens is 414 g/mol. The lowest BCUT2D eigenvalue weighted by molar-refractivity contribution is -0.130. The van der Waals surface area contributed by atoms with E-state index in [1.165, 1.54) is 15.7 Å². The van der Waals surface area contributed by atoms with Crippen molar-refractivity contribution in [2.45, 2.75) is 44.8 Å². The van der Waals surface area contributed by atoms with E-state index in [9.17, 15) is 19.2 Å². The molecule has 8 N–H and O–H groups in total. The normalized spacial score (nSPS) is 20.0. The number of carbonyl (C=O) groups excluding carboxylic acids is 4. The fourth-order valence-corrected chi connectivity index (χ4v) is 3.97. The Morgan fingerprint density at radius 3 is 2.50 bits per heavy atom. The quantitative estimate of drug-likeness (QED) is 0.436. The average molecular weight is 444 g/mol. The number of likely N-dealkylation sites (tertiary alicyclic amines) is 1. The monoisotopic (exact) mass is 443 g/mol. The third kappa shape index (κ3) is 4.52. The number of urea groups is 1. The van der Waals surface area contributed by atoms with Gasteiger partial charge in [0.1, 0.15) is 12.1 Å². The molecule has 1 aliphatic rings. The van der Waals surface area contributed by atoms with Crippen LogP contribution in [-0.4, -0.2) is 58.0 Å². The van der Waals surface area contributed by atoms with Gasteiger partial charge in [-0.2, -0.15) is 0 Å². The summed E-state index contributed by atoms with van der Waals surface area (Å²) in [5.41, 5.74) is 17.8. The summed E-state index contributed by atoms with van der Waals surface area (Å²) in [5, 5.41) is 6.04. The number of hydrogen-bond acceptors (Lipinski definition) is 5. The summed E-state index contributed by atoms with van der Waals surface area (Å²) in [6.07, 6.45) is 2.32. The van der Waals surface area contributed by atoms with E-state index in [1.807, 2.05) is 13.8 Å². The second-order valence-electron chi connectivity index (χ2n) is 8.14. The van der Waals surface area contributed by atoms with Crippen molar-refractivity contribution in [3.8, 4) is 0 Å². The maximum Gasteiger partial charge on any atom is 0.323 e. The molecule has 0 bridgehead atoms. The van der Waals surface area contributed by atoms with Crippen LogP contribution in [0.15, 0.2) is 30.5 Å². The van der Waals surface area contributed by atoms with E-state index in [-0.39, 0.29) is 18.9 Å². The molecule has 0 aliphatic carbocycles. The molecule has 32 heavy (non-hydrogen) atoms. The number of nitrogens with zero attached hydrogens (tertiary/aromatic N) is 2. The Bertz CT molecular complexity index is 1050. The Kier molecular flexibility index (Phi) is 6.68. The first-order chi connectivity index (χ1) is 15.1. The highest BCUT2D eigenvalue weighted by atomic mass is 16.2. The van der Waals surface area contributed by atoms with Gasteiger partial charge in [0.15, 0.2) is 0 Å². The van der Waals surface area contributed by atoms with Crippen LogP contribution in [0.4, 0.5) is 15.3 Å². The molecule has 2 aromatic rings. The fraction of sp³-hybridized carbons (Fsp3) is 0.429. The van der Waals surface area contributed by atoms with Crippen molar-refractivity contribution < 1.29 is 19.2 Å². The maximum atomic E-state index is 13.1. The molecule has 11 nitrogen and oxygen atoms in total. The molecule has 11 heteroatoms. The summed E-state index contributed by atoms with van der Waals surface area (Å²) in [4.78, 5) is 50.9. The number of nitrogens with one attached hydrogen (secondary N) is 2. The van der Waals surface area contributed by atoms with Crippen LogP contribution in [0.3, 0.4) is 0 Å². The highest BCUT2D eigenvalue weighted by molar-refractivity contribution is 6.05. The van der Waals surface area contributed by atoms with Gasteiger partial charge in [-0.25, -0.2) is 9.59 Å². The lowest BCUT2D eigenvalue weighted by Crippen LogP contribution is -2.54. The van der Waals surface area contributed by atoms with Crippen molar-refractivity contribution in [1.82, 2.24) is 14.8 Å². The van der Waals surface area contributed by atoms with Crippen LogP contribution in [0.5, 0.6) is 0 Å². The summed E-state index contributed by atoms with van der Waals surface area (Å²) in [6, 6.07) is 3.62. The van der Waals surface area contributed by atoms with Crippen molar-refractivity contribution in [3.05, 3.63) is 30.5 Å². The standard InChI is InChI=1S/C21H29N7O4/c1-3-11(2)17(18(23)29)26-19(30)16-8-12(22)9-28(16)21(32)25-14-10-27(20(24)31)15-7-5-4-6-13(14)15/h4-7,10-12,16-17H,3,8-9,22H2,1-2H3,(H2,23,29)(H2,24,31)(H,25,32)(H,26,30)/t11-,12-,16-,17-/m0/s1. The third-order valence-corrected chi connectivity index (χ3v) is 5.91. The van der Waals surface area contributed by atoms with E-state index in [0.717, 1.165) is 0 Å². The molecule has 172 valence electrons. The number of nitrogens with two attached hydrogens (primary N) is 3. The van der Waals surface area contributed by atoms with Gasteiger partial charge < -0.3 is 32.7 Å². The zero-order chi connectivity index (χ0) is 23.6. The van der Waals surface area contributed by atoms with Gasteiger partial charge in [0.25, 0.3) is 0 Å². The number of aromatic nitrogens is 1. The number of anilines is 1. The molecule has 3 rings (SSSR count). The van der Waals surface area contributed by atoms with Gasteiger partial charge in [0.2, 0.25) is 11.8 Å². The molecule has 1 aliphatic heterocycles. The van der Waals surface area contributed by atoms with Crippen LogP contribution < -0.4 is 27.8 Å². The Morgan fingerprint density at radius 2 is 1.88 bits per heavy atom. The van der Waals surface area contributed by atoms with E-state index in [1.54, 1.807) is 24.3 Å². The predicted molar refractivity (Wildman–Crippen MR) is 120 cm³/mol. The molecule has 2 heterocycles. The van der Waals surface area contributed by atoms with Gasteiger partial charge in [-0.05, 0) is 18.4 Å². The number of para-hydroxylation sites is 1. The zero-order valence-electron chi connectivity index (χ0n) is 18.1. The maximum absolute atomic E-state index is 13.1. The van der Waals surface area contributed by atoms with Crippen LogP contribution in [0.25, 0.3) is 10.9 Å². The van der Waals surface area contributed by atoms with Crippen molar-refractivity contribution in [3.63, 3.8) is 0 Å². The minimum absolute atomic E-state index is 0.156. The first kappa shape index (κ1) is 23.1. The number of rotatable bonds is 6. The van der Waals surface area contributed by atoms with E-state index in [4.69, 9.17) is 17.2 Å². The van der Waals surface area contributed by atoms with Gasteiger partial charge in [0, 0.05) is 24.2 Å². The van der Waals surface area contributed by atoms with E-state index in [0.29, 0.717) is 23.0 Å². The van der Waals surface area contributed by atoms with Crippen LogP contribution in [0.2, 0.25) is 0 Å². The first-order valence-electron chi connectivity index (χ1n) is 10.5. The second-order valence-corrected chi connectivity index (χ2v) is 8.14. The number of amides is 5. The lowest BCUT2D eigenvalue weighted by Gasteiger charge is -2.27. The van der Waals surface area contributed by atoms with Crippen LogP contribution in [-0.2, 0) is 9.59 Å². The van der Waals surface area contributed by atoms with Crippen LogP contribution >= 0.6 is 0 Å². The Labute approximate surface area is 185 Å². The molecule has 0 unspecified atom stereocenters. The molecule has 4 atom stereocenters. The van der Waals surface area contributed by atoms with Crippen molar-refractivity contribution >= 4 is 40.5 Å². The molecule has 1 aromatic heterocycles. The minimum atomic E-state index is -0.861. The number of carbonyl (C=O) groups is 4. The summed E-state index contributed by atoms with van der Waals surface area (Å²) < 4.78 is 1.23. The summed E-state index contributed by atoms with van der Waals surface area (Å²) in [7, 11) is 0. The second kappa shape index (κ2) is 9.27. The highest BCUT2D eigenvalue weighted by Crippen LogP contribution is 2.27. The molecule has 0 saturated carbocycles. The Morgan fingerprint density at radius 1 is 1.19 bits per heavy atom. The van der Waals surface area contributed by atoms with Crippen LogP contribution in [0.1, 0.15) is 26.7 Å². The molecule has 1 aromatic carbocycles. The first-order valence-corrected chi connectivity index (χ1v) is 10.5.